The molecule has 0 spiro atoms. The summed E-state index contributed by atoms with van der Waals surface area (Å²) in [5, 5.41) is 9.80. The first kappa shape index (κ1) is 99.8. The Bertz CT molecular complexity index is 1730. The normalized spacial score (nSPS) is 12.6. The van der Waals surface area contributed by atoms with E-state index in [4.69, 9.17) is 18.9 Å². The van der Waals surface area contributed by atoms with E-state index in [-0.39, 0.29) is 38.2 Å². The van der Waals surface area contributed by atoms with E-state index in [1.54, 1.807) is 0 Å². The third-order valence-electron chi connectivity index (χ3n) is 21.5. The third-order valence-corrected chi connectivity index (χ3v) is 21.5. The number of hydrogen-bond acceptors (Lipinski definition) is 7. The maximum Gasteiger partial charge on any atom is 0.361 e. The standard InChI is InChI=1S/C93H179NO8/c1-6-8-10-12-14-16-18-20-22-24-26-28-30-32-34-36-38-40-42-44-46-48-50-52-54-56-58-60-62-64-66-68-70-72-74-76-78-80-82-84-91(96)102-89(88-101-93(92(97)98)99-86-85-94(3,4)5)87-100-90(95)83-81-79-77-75-73-71-69-67-65-63-61-59-57-55-53-51-49-47-45-43-41-39-37-35-33-31-29-27-25-23-21-19-17-15-13-11-9-7-2/h18,20,24,26,89,93H,6-17,19,21-23,25,27-88H2,1-5H3/p+1/b20-18-,26-24-. The fourth-order valence-electron chi connectivity index (χ4n) is 14.5. The number of esters is 2. The van der Waals surface area contributed by atoms with Gasteiger partial charge in [-0.2, -0.15) is 0 Å². The summed E-state index contributed by atoms with van der Waals surface area (Å²) in [6.45, 7) is 4.97. The molecule has 0 aromatic heterocycles. The number of nitrogens with zero attached hydrogens (tertiary/aromatic N) is 1. The molecule has 0 rings (SSSR count). The molecule has 0 aliphatic carbocycles. The van der Waals surface area contributed by atoms with Crippen LogP contribution < -0.4 is 0 Å². The molecule has 2 atom stereocenters. The second-order valence-corrected chi connectivity index (χ2v) is 33.0. The summed E-state index contributed by atoms with van der Waals surface area (Å²) in [6.07, 6.45) is 107. The minimum atomic E-state index is -1.51. The average Bonchev–Trinajstić information content (AvgIpc) is 0.997. The number of carboxylic acid groups (broad SMARTS) is 1. The molecule has 0 heterocycles. The van der Waals surface area contributed by atoms with Gasteiger partial charge in [-0.1, -0.05) is 462 Å². The summed E-state index contributed by atoms with van der Waals surface area (Å²) in [4.78, 5) is 37.8. The number of hydrogen-bond donors (Lipinski definition) is 1. The Morgan fingerprint density at radius 3 is 0.775 bits per heavy atom. The van der Waals surface area contributed by atoms with Crippen LogP contribution in [0.25, 0.3) is 0 Å². The lowest BCUT2D eigenvalue weighted by Gasteiger charge is -2.25. The number of unbranched alkanes of at least 4 members (excludes halogenated alkanes) is 69. The summed E-state index contributed by atoms with van der Waals surface area (Å²) in [7, 11) is 6.01. The van der Waals surface area contributed by atoms with Gasteiger partial charge in [0.15, 0.2) is 6.10 Å². The zero-order chi connectivity index (χ0) is 73.9. The summed E-state index contributed by atoms with van der Waals surface area (Å²) in [6, 6.07) is 0. The maximum absolute atomic E-state index is 13.0. The first-order valence-electron chi connectivity index (χ1n) is 46.0. The van der Waals surface area contributed by atoms with Crippen LogP contribution in [0, 0.1) is 0 Å². The Morgan fingerprint density at radius 1 is 0.294 bits per heavy atom. The first-order chi connectivity index (χ1) is 50.1. The van der Waals surface area contributed by atoms with E-state index in [1.807, 2.05) is 21.1 Å². The molecule has 0 bridgehead atoms. The van der Waals surface area contributed by atoms with Gasteiger partial charge in [0.25, 0.3) is 6.29 Å². The molecule has 0 aliphatic heterocycles. The van der Waals surface area contributed by atoms with Crippen LogP contribution >= 0.6 is 0 Å². The van der Waals surface area contributed by atoms with E-state index in [0.29, 0.717) is 17.4 Å². The van der Waals surface area contributed by atoms with Gasteiger partial charge in [0.2, 0.25) is 0 Å². The highest BCUT2D eigenvalue weighted by Crippen LogP contribution is 2.22. The smallest absolute Gasteiger partial charge is 0.361 e. The quantitative estimate of drug-likeness (QED) is 0.0211. The number of carbonyl (C=O) groups is 3. The molecule has 604 valence electrons. The van der Waals surface area contributed by atoms with Crippen molar-refractivity contribution in [1.82, 2.24) is 0 Å². The topological polar surface area (TPSA) is 108 Å². The highest BCUT2D eigenvalue weighted by atomic mass is 16.7. The number of carbonyl (C=O) groups excluding carboxylic acids is 2. The van der Waals surface area contributed by atoms with Crippen molar-refractivity contribution < 1.29 is 42.9 Å². The minimum Gasteiger partial charge on any atom is -0.477 e. The molecule has 1 N–H and O–H groups in total. The van der Waals surface area contributed by atoms with E-state index >= 15 is 0 Å². The van der Waals surface area contributed by atoms with E-state index in [9.17, 15) is 19.5 Å². The monoisotopic (exact) mass is 1440 g/mol. The molecule has 0 saturated carbocycles. The lowest BCUT2D eigenvalue weighted by molar-refractivity contribution is -0.870. The van der Waals surface area contributed by atoms with Gasteiger partial charge in [-0.25, -0.2) is 4.79 Å². The number of quaternary nitrogens is 1. The number of carboxylic acids is 1. The Morgan fingerprint density at radius 2 is 0.529 bits per heavy atom. The number of rotatable bonds is 88. The number of likely N-dealkylation sites (N-methyl/N-ethyl adjacent to an activating group) is 1. The van der Waals surface area contributed by atoms with Crippen molar-refractivity contribution in [3.8, 4) is 0 Å². The first-order valence-corrected chi connectivity index (χ1v) is 46.0. The van der Waals surface area contributed by atoms with Crippen LogP contribution in [0.5, 0.6) is 0 Å². The summed E-state index contributed by atoms with van der Waals surface area (Å²) >= 11 is 0. The molecule has 102 heavy (non-hydrogen) atoms. The molecule has 9 nitrogen and oxygen atoms in total. The van der Waals surface area contributed by atoms with Crippen molar-refractivity contribution in [2.24, 2.45) is 0 Å². The zero-order valence-electron chi connectivity index (χ0n) is 69.6. The molecule has 0 aromatic rings. The van der Waals surface area contributed by atoms with Crippen LogP contribution in [0.3, 0.4) is 0 Å². The van der Waals surface area contributed by atoms with Crippen LogP contribution in [-0.2, 0) is 33.3 Å². The third kappa shape index (κ3) is 85.0. The maximum atomic E-state index is 13.0. The van der Waals surface area contributed by atoms with Gasteiger partial charge >= 0.3 is 17.9 Å². The van der Waals surface area contributed by atoms with Crippen molar-refractivity contribution in [3.05, 3.63) is 24.3 Å². The van der Waals surface area contributed by atoms with Gasteiger partial charge in [0.1, 0.15) is 13.2 Å². The fourth-order valence-corrected chi connectivity index (χ4v) is 14.5. The molecule has 0 radical (unpaired) electrons. The number of ether oxygens (including phenoxy) is 4. The van der Waals surface area contributed by atoms with E-state index in [2.05, 4.69) is 38.2 Å². The van der Waals surface area contributed by atoms with Crippen LogP contribution in [0.4, 0.5) is 0 Å². The zero-order valence-corrected chi connectivity index (χ0v) is 69.6. The largest absolute Gasteiger partial charge is 0.477 e. The van der Waals surface area contributed by atoms with Crippen LogP contribution in [-0.4, -0.2) is 87.4 Å². The average molecular weight is 1440 g/mol. The van der Waals surface area contributed by atoms with Crippen LogP contribution in [0.15, 0.2) is 24.3 Å². The Hall–Kier alpha value is -2.23. The number of allylic oxidation sites excluding steroid dienone is 4. The van der Waals surface area contributed by atoms with Gasteiger partial charge in [-0.3, -0.25) is 9.59 Å². The molecular weight excluding hydrogens is 1260 g/mol. The van der Waals surface area contributed by atoms with E-state index < -0.39 is 18.4 Å². The highest BCUT2D eigenvalue weighted by Gasteiger charge is 2.25. The molecular formula is C93H180NO8+. The highest BCUT2D eigenvalue weighted by molar-refractivity contribution is 5.71. The summed E-state index contributed by atoms with van der Waals surface area (Å²) in [5.41, 5.74) is 0. The second-order valence-electron chi connectivity index (χ2n) is 33.0. The minimum absolute atomic E-state index is 0.173. The molecule has 0 fully saturated rings. The molecule has 2 unspecified atom stereocenters. The molecule has 0 amide bonds. The number of aliphatic carboxylic acids is 1. The van der Waals surface area contributed by atoms with Gasteiger partial charge in [0, 0.05) is 12.8 Å². The SMILES string of the molecule is CCCCCCC/C=C\C/C=C\CCCCCCCCCCCCCCCCCCCCCCCCCCCCCC(=O)OC(COC(=O)CCCCCCCCCCCCCCCCCCCCCCCCCCCCCCCCCCCCCCCC)COC(OCC[N+](C)(C)C)C(=O)O. The van der Waals surface area contributed by atoms with E-state index in [0.717, 1.165) is 44.9 Å². The molecule has 9 heteroatoms. The van der Waals surface area contributed by atoms with E-state index in [1.165, 1.54) is 424 Å². The van der Waals surface area contributed by atoms with Crippen molar-refractivity contribution in [2.45, 2.75) is 508 Å². The van der Waals surface area contributed by atoms with Crippen molar-refractivity contribution in [2.75, 3.05) is 47.5 Å². The van der Waals surface area contributed by atoms with Gasteiger partial charge < -0.3 is 28.5 Å². The predicted octanol–water partition coefficient (Wildman–Crippen LogP) is 30.0. The van der Waals surface area contributed by atoms with Crippen LogP contribution in [0.2, 0.25) is 0 Å². The Kier molecular flexibility index (Phi) is 82.5. The fraction of sp³-hybridized carbons (Fsp3) is 0.925. The lowest BCUT2D eigenvalue weighted by atomic mass is 10.0. The predicted molar refractivity (Wildman–Crippen MR) is 443 cm³/mol. The molecule has 0 aromatic carbocycles. The molecule has 0 saturated heterocycles. The van der Waals surface area contributed by atoms with Crippen molar-refractivity contribution in [3.63, 3.8) is 0 Å². The van der Waals surface area contributed by atoms with Crippen LogP contribution in [0.1, 0.15) is 495 Å². The van der Waals surface area contributed by atoms with Gasteiger partial charge in [-0.15, -0.1) is 0 Å². The lowest BCUT2D eigenvalue weighted by Crippen LogP contribution is -2.40. The molecule has 0 aliphatic rings. The Labute approximate surface area is 637 Å². The second kappa shape index (κ2) is 84.4. The van der Waals surface area contributed by atoms with Crippen molar-refractivity contribution >= 4 is 17.9 Å². The summed E-state index contributed by atoms with van der Waals surface area (Å²) < 4.78 is 23.1. The van der Waals surface area contributed by atoms with Gasteiger partial charge in [0.05, 0.1) is 34.4 Å². The Balaban J connectivity index is 3.87. The van der Waals surface area contributed by atoms with Gasteiger partial charge in [-0.05, 0) is 44.9 Å². The van der Waals surface area contributed by atoms with Crippen molar-refractivity contribution in [1.29, 1.82) is 0 Å². The summed E-state index contributed by atoms with van der Waals surface area (Å²) in [5.74, 6) is -1.96.